The van der Waals surface area contributed by atoms with E-state index >= 15 is 0 Å². The van der Waals surface area contributed by atoms with Gasteiger partial charge in [-0.25, -0.2) is 0 Å². The molecule has 178 valence electrons. The maximum atomic E-state index is 13.1. The number of amides is 2. The molecule has 2 amide bonds. The van der Waals surface area contributed by atoms with Gasteiger partial charge in [0.2, 0.25) is 5.91 Å². The maximum absolute atomic E-state index is 13.1. The molecule has 0 saturated heterocycles. The number of nitrogens with one attached hydrogen (secondary N) is 1. The van der Waals surface area contributed by atoms with E-state index in [1.54, 1.807) is 24.3 Å². The number of carbonyl (C=O) groups excluding carboxylic acids is 3. The average Bonchev–Trinajstić information content (AvgIpc) is 3.03. The lowest BCUT2D eigenvalue weighted by Gasteiger charge is -2.23. The molecule has 3 rings (SSSR count). The first kappa shape index (κ1) is 24.6. The zero-order chi connectivity index (χ0) is 24.1. The van der Waals surface area contributed by atoms with Gasteiger partial charge in [-0.2, -0.15) is 0 Å². The van der Waals surface area contributed by atoms with E-state index in [0.717, 1.165) is 18.1 Å². The molecular formula is C24H34N6O3. The van der Waals surface area contributed by atoms with Crippen LogP contribution in [0.2, 0.25) is 0 Å². The summed E-state index contributed by atoms with van der Waals surface area (Å²) in [6.07, 6.45) is 1.34. The van der Waals surface area contributed by atoms with E-state index in [1.165, 1.54) is 6.92 Å². The monoisotopic (exact) mass is 454 g/mol. The quantitative estimate of drug-likeness (QED) is 0.612. The van der Waals surface area contributed by atoms with Crippen LogP contribution >= 0.6 is 0 Å². The summed E-state index contributed by atoms with van der Waals surface area (Å²) in [5.74, 6) is 1.78. The molecule has 1 atom stereocenters. The fraction of sp³-hybridized carbons (Fsp3) is 0.542. The predicted molar refractivity (Wildman–Crippen MR) is 125 cm³/mol. The van der Waals surface area contributed by atoms with E-state index in [9.17, 15) is 14.4 Å². The molecule has 0 radical (unpaired) electrons. The van der Waals surface area contributed by atoms with Crippen LogP contribution < -0.4 is 5.32 Å². The van der Waals surface area contributed by atoms with Crippen molar-refractivity contribution in [1.29, 1.82) is 0 Å². The van der Waals surface area contributed by atoms with E-state index < -0.39 is 0 Å². The first-order valence-electron chi connectivity index (χ1n) is 11.4. The van der Waals surface area contributed by atoms with Crippen LogP contribution in [-0.2, 0) is 17.8 Å². The highest BCUT2D eigenvalue weighted by molar-refractivity contribution is 5.97. The fourth-order valence-corrected chi connectivity index (χ4v) is 4.06. The zero-order valence-electron chi connectivity index (χ0n) is 20.2. The normalized spacial score (nSPS) is 14.7. The van der Waals surface area contributed by atoms with Crippen LogP contribution in [0.15, 0.2) is 24.3 Å². The summed E-state index contributed by atoms with van der Waals surface area (Å²) in [7, 11) is 3.72. The van der Waals surface area contributed by atoms with E-state index in [1.807, 2.05) is 23.9 Å². The van der Waals surface area contributed by atoms with E-state index in [0.29, 0.717) is 49.6 Å². The molecule has 1 aromatic heterocycles. The molecule has 1 N–H and O–H groups in total. The van der Waals surface area contributed by atoms with Gasteiger partial charge in [-0.15, -0.1) is 10.2 Å². The predicted octanol–water partition coefficient (Wildman–Crippen LogP) is 1.94. The summed E-state index contributed by atoms with van der Waals surface area (Å²) < 4.78 is 2.05. The molecule has 0 spiro atoms. The molecule has 9 heteroatoms. The summed E-state index contributed by atoms with van der Waals surface area (Å²) in [4.78, 5) is 40.7. The van der Waals surface area contributed by atoms with Crippen LogP contribution in [0.1, 0.15) is 65.6 Å². The van der Waals surface area contributed by atoms with Gasteiger partial charge in [0.25, 0.3) is 5.91 Å². The molecule has 0 saturated carbocycles. The number of benzene rings is 1. The SMILES string of the molecule is CC(=O)c1ccc(C(=O)N2CCc3nnc(C(CC(C)C)NC(=O)CN(C)C)n3CC2)cc1. The highest BCUT2D eigenvalue weighted by Crippen LogP contribution is 2.23. The maximum Gasteiger partial charge on any atom is 0.253 e. The Labute approximate surface area is 195 Å². The lowest BCUT2D eigenvalue weighted by molar-refractivity contribution is -0.122. The highest BCUT2D eigenvalue weighted by Gasteiger charge is 2.27. The summed E-state index contributed by atoms with van der Waals surface area (Å²) in [5, 5.41) is 11.9. The van der Waals surface area contributed by atoms with Crippen molar-refractivity contribution in [2.45, 2.75) is 46.2 Å². The van der Waals surface area contributed by atoms with Crippen molar-refractivity contribution in [3.05, 3.63) is 47.0 Å². The molecule has 1 aliphatic rings. The van der Waals surface area contributed by atoms with Crippen molar-refractivity contribution >= 4 is 17.6 Å². The Kier molecular flexibility index (Phi) is 7.97. The first-order chi connectivity index (χ1) is 15.7. The van der Waals surface area contributed by atoms with Crippen LogP contribution in [0.5, 0.6) is 0 Å². The Morgan fingerprint density at radius 1 is 1.03 bits per heavy atom. The molecule has 1 unspecified atom stereocenters. The number of fused-ring (bicyclic) bond motifs is 1. The standard InChI is InChI=1S/C24H34N6O3/c1-16(2)14-20(25-22(32)15-28(4)5)23-27-26-21-10-11-29(12-13-30(21)23)24(33)19-8-6-18(7-9-19)17(3)31/h6-9,16,20H,10-15H2,1-5H3,(H,25,32). The summed E-state index contributed by atoms with van der Waals surface area (Å²) in [6, 6.07) is 6.55. The van der Waals surface area contributed by atoms with Crippen molar-refractivity contribution in [2.75, 3.05) is 33.7 Å². The highest BCUT2D eigenvalue weighted by atomic mass is 16.2. The molecule has 0 aliphatic carbocycles. The molecule has 2 aromatic rings. The molecule has 33 heavy (non-hydrogen) atoms. The Morgan fingerprint density at radius 2 is 1.70 bits per heavy atom. The van der Waals surface area contributed by atoms with Crippen molar-refractivity contribution in [1.82, 2.24) is 29.9 Å². The van der Waals surface area contributed by atoms with Gasteiger partial charge >= 0.3 is 0 Å². The van der Waals surface area contributed by atoms with Gasteiger partial charge < -0.3 is 19.7 Å². The molecular weight excluding hydrogens is 420 g/mol. The van der Waals surface area contributed by atoms with Crippen molar-refractivity contribution in [3.63, 3.8) is 0 Å². The van der Waals surface area contributed by atoms with Crippen molar-refractivity contribution in [2.24, 2.45) is 5.92 Å². The van der Waals surface area contributed by atoms with Gasteiger partial charge in [-0.3, -0.25) is 14.4 Å². The average molecular weight is 455 g/mol. The Hall–Kier alpha value is -3.07. The van der Waals surface area contributed by atoms with Crippen LogP contribution in [0.25, 0.3) is 0 Å². The first-order valence-corrected chi connectivity index (χ1v) is 11.4. The third-order valence-corrected chi connectivity index (χ3v) is 5.69. The largest absolute Gasteiger partial charge is 0.345 e. The van der Waals surface area contributed by atoms with Gasteiger partial charge in [0.15, 0.2) is 11.6 Å². The van der Waals surface area contributed by atoms with Crippen LogP contribution in [0, 0.1) is 5.92 Å². The Bertz CT molecular complexity index is 996. The lowest BCUT2D eigenvalue weighted by atomic mass is 10.0. The van der Waals surface area contributed by atoms with Gasteiger partial charge in [-0.05, 0) is 45.5 Å². The lowest BCUT2D eigenvalue weighted by Crippen LogP contribution is -2.38. The third kappa shape index (κ3) is 6.25. The zero-order valence-corrected chi connectivity index (χ0v) is 20.2. The Morgan fingerprint density at radius 3 is 2.30 bits per heavy atom. The number of nitrogens with zero attached hydrogens (tertiary/aromatic N) is 5. The van der Waals surface area contributed by atoms with Gasteiger partial charge in [0, 0.05) is 37.2 Å². The molecule has 0 fully saturated rings. The van der Waals surface area contributed by atoms with Crippen LogP contribution in [-0.4, -0.2) is 75.9 Å². The molecule has 1 aromatic carbocycles. The number of hydrogen-bond acceptors (Lipinski definition) is 6. The number of hydrogen-bond donors (Lipinski definition) is 1. The smallest absolute Gasteiger partial charge is 0.253 e. The number of aromatic nitrogens is 3. The Balaban J connectivity index is 1.75. The van der Waals surface area contributed by atoms with Crippen LogP contribution in [0.4, 0.5) is 0 Å². The second kappa shape index (κ2) is 10.7. The van der Waals surface area contributed by atoms with Gasteiger partial charge in [0.05, 0.1) is 12.6 Å². The second-order valence-electron chi connectivity index (χ2n) is 9.29. The topological polar surface area (TPSA) is 100 Å². The minimum atomic E-state index is -0.236. The van der Waals surface area contributed by atoms with E-state index in [-0.39, 0.29) is 23.6 Å². The molecule has 0 bridgehead atoms. The summed E-state index contributed by atoms with van der Waals surface area (Å²) in [5.41, 5.74) is 1.15. The number of likely N-dealkylation sites (N-methyl/N-ethyl adjacent to an activating group) is 1. The number of ketones is 1. The van der Waals surface area contributed by atoms with E-state index in [2.05, 4.69) is 33.9 Å². The number of Topliss-reactive ketones (excluding diaryl/α,β-unsaturated/α-hetero) is 1. The minimum absolute atomic E-state index is 0.0251. The molecule has 2 heterocycles. The van der Waals surface area contributed by atoms with E-state index in [4.69, 9.17) is 0 Å². The fourth-order valence-electron chi connectivity index (χ4n) is 4.06. The van der Waals surface area contributed by atoms with Crippen molar-refractivity contribution < 1.29 is 14.4 Å². The van der Waals surface area contributed by atoms with Gasteiger partial charge in [0.1, 0.15) is 5.82 Å². The van der Waals surface area contributed by atoms with Gasteiger partial charge in [-0.1, -0.05) is 26.0 Å². The molecule has 9 nitrogen and oxygen atoms in total. The molecule has 1 aliphatic heterocycles. The van der Waals surface area contributed by atoms with Crippen molar-refractivity contribution in [3.8, 4) is 0 Å². The second-order valence-corrected chi connectivity index (χ2v) is 9.29. The summed E-state index contributed by atoms with van der Waals surface area (Å²) in [6.45, 7) is 7.66. The van der Waals surface area contributed by atoms with Crippen LogP contribution in [0.3, 0.4) is 0 Å². The third-order valence-electron chi connectivity index (χ3n) is 5.69. The minimum Gasteiger partial charge on any atom is -0.345 e. The number of rotatable bonds is 8. The number of carbonyl (C=O) groups is 3. The summed E-state index contributed by atoms with van der Waals surface area (Å²) >= 11 is 0.